The third kappa shape index (κ3) is 8.00. The van der Waals surface area contributed by atoms with Crippen molar-refractivity contribution in [2.45, 2.75) is 84.9 Å². The maximum atomic E-state index is 14.8. The molecule has 0 aliphatic heterocycles. The van der Waals surface area contributed by atoms with Gasteiger partial charge in [-0.2, -0.15) is 102 Å². The summed E-state index contributed by atoms with van der Waals surface area (Å²) in [6, 6.07) is 13.9. The first kappa shape index (κ1) is 52.4. The van der Waals surface area contributed by atoms with Crippen LogP contribution in [0.25, 0.3) is 38.9 Å². The molecule has 5 aromatic rings. The van der Waals surface area contributed by atoms with Crippen molar-refractivity contribution in [3.05, 3.63) is 72.8 Å². The van der Waals surface area contributed by atoms with Crippen LogP contribution in [0, 0.1) is 0 Å². The van der Waals surface area contributed by atoms with Gasteiger partial charge >= 0.3 is 71.5 Å². The zero-order valence-electron chi connectivity index (χ0n) is 32.5. The molecule has 370 valence electrons. The lowest BCUT2D eigenvalue weighted by atomic mass is 9.89. The Morgan fingerprint density at radius 1 is 0.418 bits per heavy atom. The number of benzene rings is 3. The summed E-state index contributed by atoms with van der Waals surface area (Å²) in [5, 5.41) is 1.42. The van der Waals surface area contributed by atoms with Gasteiger partial charge in [-0.1, -0.05) is 36.4 Å². The fraction of sp³-hybridized carbons (Fsp3) is 0.432. The highest BCUT2D eigenvalue weighted by Crippen LogP contribution is 2.64. The van der Waals surface area contributed by atoms with E-state index in [2.05, 4.69) is 24.4 Å². The summed E-state index contributed by atoms with van der Waals surface area (Å²) in [5.74, 6) is -78.0. The Labute approximate surface area is 356 Å². The minimum absolute atomic E-state index is 0.275. The Morgan fingerprint density at radius 2 is 0.776 bits per heavy atom. The number of alkyl halides is 24. The Hall–Kier alpha value is -5.61. The number of aromatic nitrogens is 4. The van der Waals surface area contributed by atoms with E-state index in [0.29, 0.717) is 21.8 Å². The second kappa shape index (κ2) is 16.0. The fourth-order valence-corrected chi connectivity index (χ4v) is 5.86. The molecule has 2 heterocycles. The lowest BCUT2D eigenvalue weighted by Crippen LogP contribution is -2.74. The standard InChI is InChI=1S/C37H22F24N4O2/c1-26(38,27(2,39)40)30(45,46)28(41,42)15-66-24-62-23(17-11-13-18(14-12-17)65-21-9-5-3-7-19(21)20-8-4-6-10-22(20)65)63-25(64-24)67-16-29(43,44)31(47,48)32(49,50)33(51,52)34(53,54)35(55,56)36(57,58)37(59,60)61/h3-14H,15-16H2,1-2H3. The molecule has 0 saturated carbocycles. The largest absolute Gasteiger partial charge is 0.460 e. The molecule has 0 bridgehead atoms. The lowest BCUT2D eigenvalue weighted by Gasteiger charge is -2.42. The molecule has 1 unspecified atom stereocenters. The number of hydrogen-bond donors (Lipinski definition) is 0. The molecule has 30 heteroatoms. The Balaban J connectivity index is 1.55. The number of hydrogen-bond acceptors (Lipinski definition) is 5. The summed E-state index contributed by atoms with van der Waals surface area (Å²) in [4.78, 5) is 9.36. The molecule has 0 radical (unpaired) electrons. The molecular formula is C37H22F24N4O2. The molecular weight excluding hydrogens is 988 g/mol. The van der Waals surface area contributed by atoms with E-state index < -0.39 is 122 Å². The van der Waals surface area contributed by atoms with Crippen LogP contribution in [0.2, 0.25) is 0 Å². The van der Waals surface area contributed by atoms with Gasteiger partial charge in [0.15, 0.2) is 19.0 Å². The number of rotatable bonds is 17. The van der Waals surface area contributed by atoms with E-state index >= 15 is 0 Å². The first-order valence-corrected chi connectivity index (χ1v) is 17.7. The van der Waals surface area contributed by atoms with Gasteiger partial charge in [0.1, 0.15) is 0 Å². The van der Waals surface area contributed by atoms with Crippen LogP contribution < -0.4 is 9.47 Å². The molecule has 5 rings (SSSR count). The van der Waals surface area contributed by atoms with E-state index in [1.54, 1.807) is 53.1 Å². The molecule has 67 heavy (non-hydrogen) atoms. The summed E-state index contributed by atoms with van der Waals surface area (Å²) >= 11 is 0. The molecule has 0 N–H and O–H groups in total. The summed E-state index contributed by atoms with van der Waals surface area (Å²) in [6.07, 6.45) is -7.99. The van der Waals surface area contributed by atoms with Crippen molar-refractivity contribution in [2.24, 2.45) is 0 Å². The van der Waals surface area contributed by atoms with Crippen LogP contribution in [0.5, 0.6) is 12.0 Å². The van der Waals surface area contributed by atoms with Crippen molar-refractivity contribution in [2.75, 3.05) is 13.2 Å². The highest BCUT2D eigenvalue weighted by Gasteiger charge is 2.95. The monoisotopic (exact) mass is 1010 g/mol. The van der Waals surface area contributed by atoms with Crippen LogP contribution in [0.15, 0.2) is 72.8 Å². The van der Waals surface area contributed by atoms with E-state index in [4.69, 9.17) is 0 Å². The highest BCUT2D eigenvalue weighted by atomic mass is 19.4. The zero-order chi connectivity index (χ0) is 51.2. The maximum Gasteiger partial charge on any atom is 0.460 e. The average Bonchev–Trinajstić information content (AvgIpc) is 3.55. The van der Waals surface area contributed by atoms with Crippen molar-refractivity contribution >= 4 is 21.8 Å². The topological polar surface area (TPSA) is 62.1 Å². The number of fused-ring (bicyclic) bond motifs is 3. The van der Waals surface area contributed by atoms with Crippen LogP contribution in [0.4, 0.5) is 105 Å². The second-order valence-corrected chi connectivity index (χ2v) is 14.5. The van der Waals surface area contributed by atoms with Crippen LogP contribution in [0.1, 0.15) is 13.8 Å². The smallest absolute Gasteiger partial charge is 0.457 e. The molecule has 0 saturated heterocycles. The van der Waals surface area contributed by atoms with Gasteiger partial charge in [-0.3, -0.25) is 0 Å². The van der Waals surface area contributed by atoms with Crippen molar-refractivity contribution < 1.29 is 115 Å². The van der Waals surface area contributed by atoms with E-state index in [0.717, 1.165) is 12.1 Å². The van der Waals surface area contributed by atoms with Crippen LogP contribution in [-0.2, 0) is 0 Å². The van der Waals surface area contributed by atoms with Gasteiger partial charge in [0.25, 0.3) is 5.92 Å². The Bertz CT molecular complexity index is 2550. The summed E-state index contributed by atoms with van der Waals surface area (Å²) < 4.78 is 345. The zero-order valence-corrected chi connectivity index (χ0v) is 32.5. The normalized spacial score (nSPS) is 15.6. The third-order valence-corrected chi connectivity index (χ3v) is 9.98. The Kier molecular flexibility index (Phi) is 12.5. The van der Waals surface area contributed by atoms with Gasteiger partial charge in [0.05, 0.1) is 11.0 Å². The summed E-state index contributed by atoms with van der Waals surface area (Å²) in [7, 11) is 0. The number of para-hydroxylation sites is 2. The molecule has 0 spiro atoms. The minimum Gasteiger partial charge on any atom is -0.457 e. The predicted molar refractivity (Wildman–Crippen MR) is 181 cm³/mol. The SMILES string of the molecule is CC(F)(F)C(C)(F)C(F)(F)C(F)(F)COc1nc(OCC(F)(F)C(F)(F)C(F)(F)C(F)(F)C(F)(F)C(F)(F)C(F)(F)C(F)(F)F)nc(-c2ccc(-n3c4ccccc4c4ccccc43)cc2)n1. The van der Waals surface area contributed by atoms with E-state index in [-0.39, 0.29) is 5.69 Å². The van der Waals surface area contributed by atoms with Crippen LogP contribution in [-0.4, -0.2) is 104 Å². The number of ether oxygens (including phenoxy) is 2. The van der Waals surface area contributed by atoms with E-state index in [1.165, 1.54) is 12.1 Å². The Morgan fingerprint density at radius 3 is 1.16 bits per heavy atom. The van der Waals surface area contributed by atoms with E-state index in [1.807, 2.05) is 0 Å². The quantitative estimate of drug-likeness (QED) is 0.0869. The lowest BCUT2D eigenvalue weighted by molar-refractivity contribution is -0.462. The second-order valence-electron chi connectivity index (χ2n) is 14.5. The number of halogens is 24. The summed E-state index contributed by atoms with van der Waals surface area (Å²) in [6.45, 7) is -7.78. The molecule has 6 nitrogen and oxygen atoms in total. The van der Waals surface area contributed by atoms with Gasteiger partial charge in [0, 0.05) is 28.9 Å². The minimum atomic E-state index is -8.94. The summed E-state index contributed by atoms with van der Waals surface area (Å²) in [5.41, 5.74) is -4.44. The van der Waals surface area contributed by atoms with Gasteiger partial charge in [-0.15, -0.1) is 4.98 Å². The highest BCUT2D eigenvalue weighted by molar-refractivity contribution is 6.09. The first-order valence-electron chi connectivity index (χ1n) is 17.7. The van der Waals surface area contributed by atoms with Gasteiger partial charge in [0.2, 0.25) is 5.67 Å². The average molecular weight is 1010 g/mol. The van der Waals surface area contributed by atoms with Crippen molar-refractivity contribution in [1.29, 1.82) is 0 Å². The molecule has 2 aromatic heterocycles. The van der Waals surface area contributed by atoms with Crippen molar-refractivity contribution in [3.63, 3.8) is 0 Å². The molecule has 0 fully saturated rings. The fourth-order valence-electron chi connectivity index (χ4n) is 5.86. The molecule has 3 aromatic carbocycles. The number of nitrogens with zero attached hydrogens (tertiary/aromatic N) is 4. The van der Waals surface area contributed by atoms with Gasteiger partial charge in [-0.25, -0.2) is 13.2 Å². The van der Waals surface area contributed by atoms with Crippen molar-refractivity contribution in [3.8, 4) is 29.1 Å². The molecule has 0 aliphatic carbocycles. The van der Waals surface area contributed by atoms with Gasteiger partial charge in [-0.05, 0) is 43.3 Å². The molecule has 0 amide bonds. The third-order valence-electron chi connectivity index (χ3n) is 9.98. The van der Waals surface area contributed by atoms with Crippen molar-refractivity contribution in [1.82, 2.24) is 19.5 Å². The predicted octanol–water partition coefficient (Wildman–Crippen LogP) is 13.1. The maximum absolute atomic E-state index is 14.8. The van der Waals surface area contributed by atoms with Crippen LogP contribution in [0.3, 0.4) is 0 Å². The molecule has 1 atom stereocenters. The van der Waals surface area contributed by atoms with E-state index in [9.17, 15) is 105 Å². The van der Waals surface area contributed by atoms with Crippen LogP contribution >= 0.6 is 0 Å². The first-order chi connectivity index (χ1) is 30.1. The molecule has 0 aliphatic rings. The van der Waals surface area contributed by atoms with Gasteiger partial charge < -0.3 is 14.0 Å².